The molecule has 0 amide bonds. The van der Waals surface area contributed by atoms with E-state index in [1.807, 2.05) is 0 Å². The Morgan fingerprint density at radius 1 is 0.256 bits per heavy atom. The first-order valence-corrected chi connectivity index (χ1v) is 7.83. The molecular formula is C12F26O. The van der Waals surface area contributed by atoms with Crippen LogP contribution in [0.4, 0.5) is 114 Å². The highest BCUT2D eigenvalue weighted by atomic mass is 19.5. The fourth-order valence-corrected chi connectivity index (χ4v) is 3.67. The molecule has 0 radical (unpaired) electrons. The fraction of sp³-hybridized carbons (Fsp3) is 1.00. The molecule has 0 aromatic rings. The van der Waals surface area contributed by atoms with Crippen LogP contribution in [0.25, 0.3) is 0 Å². The monoisotopic (exact) mass is 654 g/mol. The van der Waals surface area contributed by atoms with Crippen molar-refractivity contribution in [2.45, 2.75) is 55.3 Å². The van der Waals surface area contributed by atoms with Gasteiger partial charge in [0, 0.05) is 0 Å². The number of hydrogen-bond donors (Lipinski definition) is 0. The summed E-state index contributed by atoms with van der Waals surface area (Å²) < 4.78 is 346. The second-order valence-electron chi connectivity index (χ2n) is 6.90. The van der Waals surface area contributed by atoms with Crippen LogP contribution in [0.2, 0.25) is 0 Å². The van der Waals surface area contributed by atoms with Gasteiger partial charge in [-0.2, -0.15) is 101 Å². The SMILES string of the molecule is FOC(F)(F)C(C(F)(F)F)(C(F)(F)C(C(F)(F)F)(C(F)(F)F)C(F)(F)F)C(C(F)(F)F)(C(F)(F)F)C(F)(F)F. The molecule has 39 heavy (non-hydrogen) atoms. The third-order valence-electron chi connectivity index (χ3n) is 5.01. The van der Waals surface area contributed by atoms with Gasteiger partial charge in [0.2, 0.25) is 0 Å². The minimum atomic E-state index is -10.9. The van der Waals surface area contributed by atoms with Gasteiger partial charge in [-0.1, -0.05) is 0 Å². The lowest BCUT2D eigenvalue weighted by atomic mass is 9.51. The highest BCUT2D eigenvalue weighted by Crippen LogP contribution is 2.84. The van der Waals surface area contributed by atoms with Crippen molar-refractivity contribution >= 4 is 0 Å². The Bertz CT molecular complexity index is 794. The first kappa shape index (κ1) is 37.1. The minimum absolute atomic E-state index is 0.305. The van der Waals surface area contributed by atoms with Gasteiger partial charge in [-0.25, -0.2) is 8.78 Å². The van der Waals surface area contributed by atoms with Gasteiger partial charge in [0.15, 0.2) is 0 Å². The van der Waals surface area contributed by atoms with Crippen molar-refractivity contribution in [2.75, 3.05) is 0 Å². The second-order valence-corrected chi connectivity index (χ2v) is 6.90. The molecule has 1 unspecified atom stereocenters. The van der Waals surface area contributed by atoms with E-state index < -0.39 is 71.5 Å². The first-order valence-electron chi connectivity index (χ1n) is 7.83. The fourth-order valence-electron chi connectivity index (χ4n) is 3.67. The van der Waals surface area contributed by atoms with Gasteiger partial charge in [-0.3, -0.25) is 0 Å². The smallest absolute Gasteiger partial charge is 0.204 e. The number of halogens is 26. The molecule has 27 heteroatoms. The summed E-state index contributed by atoms with van der Waals surface area (Å²) in [6, 6.07) is 0. The summed E-state index contributed by atoms with van der Waals surface area (Å²) in [5.74, 6) is -10.9. The molecule has 1 atom stereocenters. The largest absolute Gasteiger partial charge is 0.418 e. The predicted molar refractivity (Wildman–Crippen MR) is 61.8 cm³/mol. The Hall–Kier alpha value is -1.86. The minimum Gasteiger partial charge on any atom is -0.204 e. The zero-order chi connectivity index (χ0) is 32.7. The van der Waals surface area contributed by atoms with E-state index >= 15 is 0 Å². The van der Waals surface area contributed by atoms with Crippen LogP contribution < -0.4 is 0 Å². The van der Waals surface area contributed by atoms with Crippen LogP contribution >= 0.6 is 0 Å². The highest BCUT2D eigenvalue weighted by Gasteiger charge is 3.12. The molecule has 0 saturated heterocycles. The van der Waals surface area contributed by atoms with Crippen LogP contribution in [-0.4, -0.2) is 55.3 Å². The Morgan fingerprint density at radius 3 is 0.564 bits per heavy atom. The van der Waals surface area contributed by atoms with Gasteiger partial charge in [0.05, 0.1) is 0 Å². The summed E-state index contributed by atoms with van der Waals surface area (Å²) in [5.41, 5.74) is -31.8. The Labute approximate surface area is 192 Å². The van der Waals surface area contributed by atoms with Crippen molar-refractivity contribution in [1.29, 1.82) is 0 Å². The topological polar surface area (TPSA) is 9.23 Å². The van der Waals surface area contributed by atoms with Gasteiger partial charge in [0.1, 0.15) is 0 Å². The van der Waals surface area contributed by atoms with E-state index in [1.54, 1.807) is 0 Å². The maximum absolute atomic E-state index is 14.7. The average molecular weight is 654 g/mol. The first-order chi connectivity index (χ1) is 16.3. The third kappa shape index (κ3) is 4.20. The maximum Gasteiger partial charge on any atom is 0.418 e. The van der Waals surface area contributed by atoms with E-state index in [0.29, 0.717) is 4.94 Å². The lowest BCUT2D eigenvalue weighted by Gasteiger charge is -2.58. The third-order valence-corrected chi connectivity index (χ3v) is 5.01. The van der Waals surface area contributed by atoms with Crippen molar-refractivity contribution in [1.82, 2.24) is 0 Å². The molecule has 0 N–H and O–H groups in total. The Kier molecular flexibility index (Phi) is 8.40. The van der Waals surface area contributed by atoms with Crippen LogP contribution in [0.15, 0.2) is 0 Å². The van der Waals surface area contributed by atoms with E-state index in [4.69, 9.17) is 0 Å². The summed E-state index contributed by atoms with van der Waals surface area (Å²) in [6.45, 7) is 0. The zero-order valence-electron chi connectivity index (χ0n) is 16.2. The van der Waals surface area contributed by atoms with E-state index in [0.717, 1.165) is 0 Å². The molecule has 0 rings (SSSR count). The van der Waals surface area contributed by atoms with Gasteiger partial charge in [-0.15, -0.1) is 4.94 Å². The molecular weight excluding hydrogens is 654 g/mol. The van der Waals surface area contributed by atoms with Crippen molar-refractivity contribution in [3.63, 3.8) is 0 Å². The van der Waals surface area contributed by atoms with Crippen molar-refractivity contribution < 1.29 is 119 Å². The standard InChI is InChI=1S/C12F26O/c13-4(14,3(9(27,28)29,10(30,31)32)11(33,34)35)1(5(15,16)17,12(36,37)39-38)2(6(18,19)20,7(21,22)23)8(24,25)26. The molecule has 0 aromatic carbocycles. The summed E-state index contributed by atoms with van der Waals surface area (Å²) in [6.07, 6.45) is -77.6. The van der Waals surface area contributed by atoms with Gasteiger partial charge >= 0.3 is 60.7 Å². The molecule has 0 aliphatic heterocycles. The Morgan fingerprint density at radius 2 is 0.436 bits per heavy atom. The lowest BCUT2D eigenvalue weighted by Crippen LogP contribution is -2.87. The Balaban J connectivity index is 9.78. The lowest BCUT2D eigenvalue weighted by molar-refractivity contribution is -0.607. The van der Waals surface area contributed by atoms with Crippen LogP contribution in [0.5, 0.6) is 0 Å². The summed E-state index contributed by atoms with van der Waals surface area (Å²) in [4.78, 5) is 0.305. The van der Waals surface area contributed by atoms with Crippen molar-refractivity contribution in [3.8, 4) is 0 Å². The van der Waals surface area contributed by atoms with Crippen LogP contribution in [0, 0.1) is 16.2 Å². The summed E-state index contributed by atoms with van der Waals surface area (Å²) in [5, 5.41) is 0. The molecule has 0 bridgehead atoms. The highest BCUT2D eigenvalue weighted by molar-refractivity contribution is 5.27. The molecule has 236 valence electrons. The average Bonchev–Trinajstić information content (AvgIpc) is 2.49. The van der Waals surface area contributed by atoms with Crippen LogP contribution in [-0.2, 0) is 4.94 Å². The van der Waals surface area contributed by atoms with Crippen molar-refractivity contribution in [2.24, 2.45) is 16.2 Å². The molecule has 0 saturated carbocycles. The molecule has 1 nitrogen and oxygen atoms in total. The van der Waals surface area contributed by atoms with Crippen LogP contribution in [0.1, 0.15) is 0 Å². The predicted octanol–water partition coefficient (Wildman–Crippen LogP) is 9.01. The summed E-state index contributed by atoms with van der Waals surface area (Å²) >= 11 is 0. The maximum atomic E-state index is 14.7. The quantitative estimate of drug-likeness (QED) is 0.269. The number of rotatable bonds is 5. The number of alkyl halides is 25. The van der Waals surface area contributed by atoms with Gasteiger partial charge in [-0.05, 0) is 4.53 Å². The van der Waals surface area contributed by atoms with E-state index in [1.165, 1.54) is 0 Å². The van der Waals surface area contributed by atoms with E-state index in [-0.39, 0.29) is 0 Å². The van der Waals surface area contributed by atoms with Gasteiger partial charge in [0.25, 0.3) is 10.8 Å². The van der Waals surface area contributed by atoms with Gasteiger partial charge < -0.3 is 0 Å². The van der Waals surface area contributed by atoms with Crippen LogP contribution in [0.3, 0.4) is 0 Å². The second kappa shape index (κ2) is 8.82. The molecule has 0 aliphatic carbocycles. The molecule has 0 heterocycles. The van der Waals surface area contributed by atoms with E-state index in [9.17, 15) is 114 Å². The molecule has 0 spiro atoms. The van der Waals surface area contributed by atoms with Crippen molar-refractivity contribution in [3.05, 3.63) is 0 Å². The van der Waals surface area contributed by atoms with E-state index in [2.05, 4.69) is 0 Å². The number of hydrogen-bond acceptors (Lipinski definition) is 1. The zero-order valence-corrected chi connectivity index (χ0v) is 16.2. The summed E-state index contributed by atoms with van der Waals surface area (Å²) in [7, 11) is 0. The molecule has 0 fully saturated rings. The normalized spacial score (nSPS) is 18.3. The molecule has 0 aromatic heterocycles. The molecule has 0 aliphatic rings.